The summed E-state index contributed by atoms with van der Waals surface area (Å²) in [6.07, 6.45) is 0. The van der Waals surface area contributed by atoms with Crippen LogP contribution in [0.25, 0.3) is 0 Å². The molecule has 0 fully saturated rings. The third-order valence-electron chi connectivity index (χ3n) is 2.25. The maximum absolute atomic E-state index is 5.71. The molecule has 0 bridgehead atoms. The standard InChI is InChI=1S/C13H12BrNO2/c1-16-9-3-2-4-10(7-9)17-11-5-6-13(15)12(14)8-11/h2-8H,15H2,1H3. The summed E-state index contributed by atoms with van der Waals surface area (Å²) in [5, 5.41) is 0. The Morgan fingerprint density at radius 1 is 1.00 bits per heavy atom. The van der Waals surface area contributed by atoms with Crippen LogP contribution in [0.5, 0.6) is 17.2 Å². The van der Waals surface area contributed by atoms with E-state index in [2.05, 4.69) is 15.9 Å². The summed E-state index contributed by atoms with van der Waals surface area (Å²) in [7, 11) is 1.62. The van der Waals surface area contributed by atoms with Crippen LogP contribution in [-0.2, 0) is 0 Å². The van der Waals surface area contributed by atoms with Crippen LogP contribution in [-0.4, -0.2) is 7.11 Å². The van der Waals surface area contributed by atoms with Crippen molar-refractivity contribution < 1.29 is 9.47 Å². The van der Waals surface area contributed by atoms with Gasteiger partial charge >= 0.3 is 0 Å². The van der Waals surface area contributed by atoms with E-state index >= 15 is 0 Å². The fourth-order valence-electron chi connectivity index (χ4n) is 1.37. The molecule has 0 saturated carbocycles. The average Bonchev–Trinajstić information content (AvgIpc) is 2.34. The van der Waals surface area contributed by atoms with E-state index in [1.807, 2.05) is 36.4 Å². The fourth-order valence-corrected chi connectivity index (χ4v) is 1.73. The highest BCUT2D eigenvalue weighted by molar-refractivity contribution is 9.10. The molecule has 0 aliphatic carbocycles. The monoisotopic (exact) mass is 293 g/mol. The van der Waals surface area contributed by atoms with Gasteiger partial charge in [0, 0.05) is 16.2 Å². The van der Waals surface area contributed by atoms with Crippen LogP contribution in [0, 0.1) is 0 Å². The zero-order chi connectivity index (χ0) is 12.3. The van der Waals surface area contributed by atoms with Crippen LogP contribution in [0.1, 0.15) is 0 Å². The molecule has 88 valence electrons. The number of nitrogen functional groups attached to an aromatic ring is 1. The van der Waals surface area contributed by atoms with Gasteiger partial charge in [0.15, 0.2) is 0 Å². The van der Waals surface area contributed by atoms with Gasteiger partial charge in [-0.2, -0.15) is 0 Å². The lowest BCUT2D eigenvalue weighted by molar-refractivity contribution is 0.409. The third-order valence-corrected chi connectivity index (χ3v) is 2.94. The molecule has 0 aliphatic heterocycles. The van der Waals surface area contributed by atoms with E-state index in [0.717, 1.165) is 21.7 Å². The second-order valence-corrected chi connectivity index (χ2v) is 4.32. The van der Waals surface area contributed by atoms with Crippen molar-refractivity contribution in [1.82, 2.24) is 0 Å². The van der Waals surface area contributed by atoms with Crippen LogP contribution in [0.4, 0.5) is 5.69 Å². The summed E-state index contributed by atoms with van der Waals surface area (Å²) in [6.45, 7) is 0. The number of hydrogen-bond donors (Lipinski definition) is 1. The topological polar surface area (TPSA) is 44.5 Å². The first-order valence-corrected chi connectivity index (χ1v) is 5.85. The van der Waals surface area contributed by atoms with Gasteiger partial charge in [-0.1, -0.05) is 6.07 Å². The molecule has 0 aliphatic rings. The Hall–Kier alpha value is -1.68. The van der Waals surface area contributed by atoms with Crippen molar-refractivity contribution in [2.75, 3.05) is 12.8 Å². The van der Waals surface area contributed by atoms with Crippen molar-refractivity contribution in [2.45, 2.75) is 0 Å². The van der Waals surface area contributed by atoms with Gasteiger partial charge in [0.2, 0.25) is 0 Å². The first-order valence-electron chi connectivity index (χ1n) is 5.06. The van der Waals surface area contributed by atoms with Crippen LogP contribution in [0.3, 0.4) is 0 Å². The molecule has 17 heavy (non-hydrogen) atoms. The summed E-state index contributed by atoms with van der Waals surface area (Å²) < 4.78 is 11.6. The van der Waals surface area contributed by atoms with E-state index in [9.17, 15) is 0 Å². The molecule has 2 aromatic carbocycles. The molecule has 0 spiro atoms. The Bertz CT molecular complexity index is 529. The molecule has 0 atom stereocenters. The van der Waals surface area contributed by atoms with Gasteiger partial charge in [-0.05, 0) is 46.3 Å². The van der Waals surface area contributed by atoms with Crippen LogP contribution in [0.2, 0.25) is 0 Å². The van der Waals surface area contributed by atoms with Crippen LogP contribution >= 0.6 is 15.9 Å². The predicted octanol–water partition coefficient (Wildman–Crippen LogP) is 3.83. The van der Waals surface area contributed by atoms with Gasteiger partial charge in [0.05, 0.1) is 7.11 Å². The number of hydrogen-bond acceptors (Lipinski definition) is 3. The van der Waals surface area contributed by atoms with Gasteiger partial charge in [0.1, 0.15) is 17.2 Å². The quantitative estimate of drug-likeness (QED) is 0.875. The van der Waals surface area contributed by atoms with Crippen molar-refractivity contribution in [3.05, 3.63) is 46.9 Å². The molecule has 2 aromatic rings. The molecule has 3 nitrogen and oxygen atoms in total. The minimum absolute atomic E-state index is 0.683. The second kappa shape index (κ2) is 5.10. The molecule has 2 rings (SSSR count). The third kappa shape index (κ3) is 2.91. The Morgan fingerprint density at radius 2 is 1.71 bits per heavy atom. The Kier molecular flexibility index (Phi) is 3.54. The highest BCUT2D eigenvalue weighted by atomic mass is 79.9. The Balaban J connectivity index is 2.22. The number of halogens is 1. The number of methoxy groups -OCH3 is 1. The average molecular weight is 294 g/mol. The van der Waals surface area contributed by atoms with E-state index in [1.165, 1.54) is 0 Å². The first-order chi connectivity index (χ1) is 8.19. The first kappa shape index (κ1) is 11.8. The molecular formula is C13H12BrNO2. The number of anilines is 1. The minimum Gasteiger partial charge on any atom is -0.497 e. The smallest absolute Gasteiger partial charge is 0.131 e. The van der Waals surface area contributed by atoms with Gasteiger partial charge in [0.25, 0.3) is 0 Å². The maximum Gasteiger partial charge on any atom is 0.131 e. The lowest BCUT2D eigenvalue weighted by Crippen LogP contribution is -1.89. The van der Waals surface area contributed by atoms with E-state index < -0.39 is 0 Å². The predicted molar refractivity (Wildman–Crippen MR) is 71.6 cm³/mol. The van der Waals surface area contributed by atoms with E-state index in [1.54, 1.807) is 13.2 Å². The van der Waals surface area contributed by atoms with Crippen molar-refractivity contribution in [3.63, 3.8) is 0 Å². The molecule has 0 aromatic heterocycles. The molecule has 0 amide bonds. The summed E-state index contributed by atoms with van der Waals surface area (Å²) in [4.78, 5) is 0. The Labute approximate surface area is 108 Å². The van der Waals surface area contributed by atoms with E-state index in [0.29, 0.717) is 5.69 Å². The molecule has 0 heterocycles. The van der Waals surface area contributed by atoms with Gasteiger partial charge in [-0.15, -0.1) is 0 Å². The molecule has 4 heteroatoms. The molecule has 0 unspecified atom stereocenters. The van der Waals surface area contributed by atoms with Crippen molar-refractivity contribution in [3.8, 4) is 17.2 Å². The number of benzene rings is 2. The van der Waals surface area contributed by atoms with Crippen LogP contribution in [0.15, 0.2) is 46.9 Å². The lowest BCUT2D eigenvalue weighted by atomic mass is 10.3. The van der Waals surface area contributed by atoms with Gasteiger partial charge < -0.3 is 15.2 Å². The number of ether oxygens (including phenoxy) is 2. The minimum atomic E-state index is 0.683. The van der Waals surface area contributed by atoms with Crippen LogP contribution < -0.4 is 15.2 Å². The highest BCUT2D eigenvalue weighted by Gasteiger charge is 2.01. The molecule has 2 N–H and O–H groups in total. The second-order valence-electron chi connectivity index (χ2n) is 3.46. The number of nitrogens with two attached hydrogens (primary N) is 1. The molecule has 0 saturated heterocycles. The molecule has 0 radical (unpaired) electrons. The summed E-state index contributed by atoms with van der Waals surface area (Å²) in [5.41, 5.74) is 6.39. The van der Waals surface area contributed by atoms with E-state index in [4.69, 9.17) is 15.2 Å². The summed E-state index contributed by atoms with van der Waals surface area (Å²) >= 11 is 3.36. The largest absolute Gasteiger partial charge is 0.497 e. The van der Waals surface area contributed by atoms with E-state index in [-0.39, 0.29) is 0 Å². The normalized spacial score (nSPS) is 10.0. The highest BCUT2D eigenvalue weighted by Crippen LogP contribution is 2.29. The molecular weight excluding hydrogens is 282 g/mol. The van der Waals surface area contributed by atoms with Crippen molar-refractivity contribution >= 4 is 21.6 Å². The fraction of sp³-hybridized carbons (Fsp3) is 0.0769. The zero-order valence-corrected chi connectivity index (χ0v) is 10.9. The Morgan fingerprint density at radius 3 is 2.41 bits per heavy atom. The van der Waals surface area contributed by atoms with Crippen molar-refractivity contribution in [1.29, 1.82) is 0 Å². The zero-order valence-electron chi connectivity index (χ0n) is 9.31. The SMILES string of the molecule is COc1cccc(Oc2ccc(N)c(Br)c2)c1. The summed E-state index contributed by atoms with van der Waals surface area (Å²) in [5.74, 6) is 2.21. The lowest BCUT2D eigenvalue weighted by Gasteiger charge is -2.08. The summed E-state index contributed by atoms with van der Waals surface area (Å²) in [6, 6.07) is 12.9. The van der Waals surface area contributed by atoms with Crippen molar-refractivity contribution in [2.24, 2.45) is 0 Å². The number of rotatable bonds is 3. The van der Waals surface area contributed by atoms with Gasteiger partial charge in [-0.3, -0.25) is 0 Å². The maximum atomic E-state index is 5.71. The van der Waals surface area contributed by atoms with Gasteiger partial charge in [-0.25, -0.2) is 0 Å².